The highest BCUT2D eigenvalue weighted by atomic mass is 17.2. The Morgan fingerprint density at radius 3 is 2.25 bits per heavy atom. The van der Waals surface area contributed by atoms with Gasteiger partial charge in [-0.05, 0) is 20.8 Å². The van der Waals surface area contributed by atoms with Gasteiger partial charge in [0.2, 0.25) is 0 Å². The molecule has 0 N–H and O–H groups in total. The third kappa shape index (κ3) is 1.20. The zero-order valence-corrected chi connectivity index (χ0v) is 5.60. The summed E-state index contributed by atoms with van der Waals surface area (Å²) >= 11 is 0. The van der Waals surface area contributed by atoms with Gasteiger partial charge in [0.1, 0.15) is 5.60 Å². The summed E-state index contributed by atoms with van der Waals surface area (Å²) in [6.45, 7) is 6.06. The van der Waals surface area contributed by atoms with E-state index in [0.29, 0.717) is 0 Å². The molecule has 1 aliphatic heterocycles. The Morgan fingerprint density at radius 2 is 2.12 bits per heavy atom. The molecule has 0 aliphatic carbocycles. The number of hydrogen-bond acceptors (Lipinski definition) is 2. The van der Waals surface area contributed by atoms with Crippen LogP contribution in [-0.2, 0) is 9.78 Å². The van der Waals surface area contributed by atoms with Crippen LogP contribution >= 0.6 is 0 Å². The molecule has 0 unspecified atom stereocenters. The maximum atomic E-state index is 4.95. The van der Waals surface area contributed by atoms with Gasteiger partial charge in [-0.1, -0.05) is 0 Å². The van der Waals surface area contributed by atoms with E-state index in [1.54, 1.807) is 0 Å². The molecule has 8 heavy (non-hydrogen) atoms. The van der Waals surface area contributed by atoms with Crippen LogP contribution in [0.5, 0.6) is 0 Å². The Morgan fingerprint density at radius 1 is 1.50 bits per heavy atom. The van der Waals surface area contributed by atoms with E-state index in [-0.39, 0.29) is 11.7 Å². The Kier molecular flexibility index (Phi) is 1.29. The minimum atomic E-state index is -0.0561. The summed E-state index contributed by atoms with van der Waals surface area (Å²) in [4.78, 5) is 9.82. The van der Waals surface area contributed by atoms with Gasteiger partial charge < -0.3 is 0 Å². The fourth-order valence-electron chi connectivity index (χ4n) is 0.973. The largest absolute Gasteiger partial charge is 0.233 e. The number of hydrogen-bond donors (Lipinski definition) is 0. The third-order valence-electron chi connectivity index (χ3n) is 1.22. The molecular formula is C6H12O2. The lowest BCUT2D eigenvalue weighted by Gasteiger charge is -2.10. The molecule has 1 atom stereocenters. The molecule has 0 spiro atoms. The van der Waals surface area contributed by atoms with Crippen LogP contribution in [0.25, 0.3) is 0 Å². The van der Waals surface area contributed by atoms with Crippen molar-refractivity contribution < 1.29 is 9.78 Å². The van der Waals surface area contributed by atoms with Crippen LogP contribution in [0.4, 0.5) is 0 Å². The summed E-state index contributed by atoms with van der Waals surface area (Å²) in [6.07, 6.45) is 1.26. The van der Waals surface area contributed by atoms with E-state index in [4.69, 9.17) is 9.78 Å². The first-order valence-corrected chi connectivity index (χ1v) is 2.95. The van der Waals surface area contributed by atoms with Gasteiger partial charge in [-0.3, -0.25) is 0 Å². The van der Waals surface area contributed by atoms with Crippen LogP contribution < -0.4 is 0 Å². The van der Waals surface area contributed by atoms with Crippen molar-refractivity contribution >= 4 is 0 Å². The van der Waals surface area contributed by atoms with Crippen molar-refractivity contribution in [2.45, 2.75) is 38.9 Å². The Labute approximate surface area is 49.7 Å². The molecule has 1 saturated heterocycles. The molecule has 0 aromatic rings. The third-order valence-corrected chi connectivity index (χ3v) is 1.22. The van der Waals surface area contributed by atoms with Crippen molar-refractivity contribution in [1.29, 1.82) is 0 Å². The molecule has 1 heterocycles. The molecule has 0 amide bonds. The summed E-state index contributed by atoms with van der Waals surface area (Å²) in [7, 11) is 0. The quantitative estimate of drug-likeness (QED) is 0.446. The Balaban J connectivity index is 2.44. The lowest BCUT2D eigenvalue weighted by Crippen LogP contribution is -2.16. The minimum absolute atomic E-state index is 0.0561. The number of rotatable bonds is 0. The van der Waals surface area contributed by atoms with E-state index in [1.807, 2.05) is 20.8 Å². The summed E-state index contributed by atoms with van der Waals surface area (Å²) < 4.78 is 0. The predicted molar refractivity (Wildman–Crippen MR) is 30.3 cm³/mol. The molecule has 1 fully saturated rings. The molecule has 2 heteroatoms. The average molecular weight is 116 g/mol. The average Bonchev–Trinajstić information content (AvgIpc) is 1.82. The highest BCUT2D eigenvalue weighted by Gasteiger charge is 2.30. The second kappa shape index (κ2) is 1.71. The van der Waals surface area contributed by atoms with Gasteiger partial charge in [0.25, 0.3) is 0 Å². The van der Waals surface area contributed by atoms with Gasteiger partial charge in [0, 0.05) is 6.42 Å². The maximum Gasteiger partial charge on any atom is 0.101 e. The van der Waals surface area contributed by atoms with Gasteiger partial charge in [-0.25, -0.2) is 9.78 Å². The second-order valence-corrected chi connectivity index (χ2v) is 2.95. The summed E-state index contributed by atoms with van der Waals surface area (Å²) in [5.41, 5.74) is -0.0561. The molecule has 0 aromatic heterocycles. The summed E-state index contributed by atoms with van der Waals surface area (Å²) in [5.74, 6) is 0. The van der Waals surface area contributed by atoms with Crippen molar-refractivity contribution in [1.82, 2.24) is 0 Å². The van der Waals surface area contributed by atoms with Gasteiger partial charge in [0.15, 0.2) is 0 Å². The van der Waals surface area contributed by atoms with E-state index < -0.39 is 0 Å². The van der Waals surface area contributed by atoms with Crippen LogP contribution in [-0.4, -0.2) is 11.7 Å². The zero-order valence-electron chi connectivity index (χ0n) is 5.60. The van der Waals surface area contributed by atoms with Gasteiger partial charge in [0.05, 0.1) is 6.10 Å². The summed E-state index contributed by atoms with van der Waals surface area (Å²) in [6, 6.07) is 0. The van der Waals surface area contributed by atoms with E-state index >= 15 is 0 Å². The lowest BCUT2D eigenvalue weighted by atomic mass is 10.0. The first-order valence-electron chi connectivity index (χ1n) is 2.95. The van der Waals surface area contributed by atoms with Crippen molar-refractivity contribution in [3.63, 3.8) is 0 Å². The first kappa shape index (κ1) is 6.05. The Hall–Kier alpha value is -0.0800. The van der Waals surface area contributed by atoms with Gasteiger partial charge >= 0.3 is 0 Å². The summed E-state index contributed by atoms with van der Waals surface area (Å²) in [5, 5.41) is 0. The molecule has 48 valence electrons. The molecule has 1 rings (SSSR count). The van der Waals surface area contributed by atoms with E-state index in [1.165, 1.54) is 0 Å². The smallest absolute Gasteiger partial charge is 0.101 e. The fourth-order valence-corrected chi connectivity index (χ4v) is 0.973. The first-order chi connectivity index (χ1) is 3.60. The monoisotopic (exact) mass is 116 g/mol. The van der Waals surface area contributed by atoms with Crippen LogP contribution in [0.15, 0.2) is 0 Å². The van der Waals surface area contributed by atoms with E-state index in [9.17, 15) is 0 Å². The second-order valence-electron chi connectivity index (χ2n) is 2.95. The van der Waals surface area contributed by atoms with E-state index in [2.05, 4.69) is 0 Å². The molecule has 0 aromatic carbocycles. The normalized spacial score (nSPS) is 35.6. The highest BCUT2D eigenvalue weighted by Crippen LogP contribution is 2.26. The van der Waals surface area contributed by atoms with E-state index in [0.717, 1.165) is 6.42 Å². The van der Waals surface area contributed by atoms with Crippen LogP contribution in [0.1, 0.15) is 27.2 Å². The van der Waals surface area contributed by atoms with Crippen LogP contribution in [0.2, 0.25) is 0 Å². The molecular weight excluding hydrogens is 104 g/mol. The van der Waals surface area contributed by atoms with Gasteiger partial charge in [-0.2, -0.15) is 0 Å². The minimum Gasteiger partial charge on any atom is -0.233 e. The molecule has 1 aliphatic rings. The van der Waals surface area contributed by atoms with Crippen molar-refractivity contribution in [3.05, 3.63) is 0 Å². The van der Waals surface area contributed by atoms with Gasteiger partial charge in [-0.15, -0.1) is 0 Å². The van der Waals surface area contributed by atoms with Crippen LogP contribution in [0, 0.1) is 0 Å². The Bertz CT molecular complexity index is 88.5. The van der Waals surface area contributed by atoms with Crippen LogP contribution in [0.3, 0.4) is 0 Å². The fraction of sp³-hybridized carbons (Fsp3) is 1.00. The highest BCUT2D eigenvalue weighted by molar-refractivity contribution is 4.73. The van der Waals surface area contributed by atoms with Crippen molar-refractivity contribution in [3.8, 4) is 0 Å². The van der Waals surface area contributed by atoms with Crippen molar-refractivity contribution in [2.24, 2.45) is 0 Å². The molecule has 0 radical (unpaired) electrons. The topological polar surface area (TPSA) is 18.5 Å². The standard InChI is InChI=1S/C6H12O2/c1-5-4-6(2,3)8-7-5/h5H,4H2,1-3H3/t5-/m0/s1. The zero-order chi connectivity index (χ0) is 6.20. The van der Waals surface area contributed by atoms with Crippen molar-refractivity contribution in [2.75, 3.05) is 0 Å². The predicted octanol–water partition coefficient (Wildman–Crippen LogP) is 1.51. The maximum absolute atomic E-state index is 4.95. The molecule has 2 nitrogen and oxygen atoms in total. The molecule has 0 bridgehead atoms. The SMILES string of the molecule is C[C@H]1CC(C)(C)OO1. The molecule has 0 saturated carbocycles. The lowest BCUT2D eigenvalue weighted by molar-refractivity contribution is -0.316.